The van der Waals surface area contributed by atoms with E-state index in [1.165, 1.54) is 79.1 Å². The lowest BCUT2D eigenvalue weighted by molar-refractivity contribution is 0.0826. The minimum Gasteiger partial charge on any atom is -0.346 e. The van der Waals surface area contributed by atoms with Gasteiger partial charge in [-0.2, -0.15) is 0 Å². The van der Waals surface area contributed by atoms with Crippen LogP contribution in [0.1, 0.15) is 87.3 Å². The van der Waals surface area contributed by atoms with Gasteiger partial charge in [0.05, 0.1) is 17.1 Å². The van der Waals surface area contributed by atoms with Crippen LogP contribution in [0.25, 0.3) is 33.6 Å². The zero-order valence-corrected chi connectivity index (χ0v) is 27.1. The highest BCUT2D eigenvalue weighted by molar-refractivity contribution is 6.11. The molecule has 0 saturated carbocycles. The van der Waals surface area contributed by atoms with Gasteiger partial charge >= 0.3 is 0 Å². The number of benzene rings is 4. The summed E-state index contributed by atoms with van der Waals surface area (Å²) in [6.45, 7) is 16.4. The van der Waals surface area contributed by atoms with E-state index in [-0.39, 0.29) is 11.6 Å². The molecule has 0 bridgehead atoms. The summed E-state index contributed by atoms with van der Waals surface area (Å²) in [5.41, 5.74) is 18.2. The number of fused-ring (bicyclic) bond motifs is 3. The molecule has 43 heavy (non-hydrogen) atoms. The van der Waals surface area contributed by atoms with Crippen LogP contribution in [-0.4, -0.2) is 17.1 Å². The Balaban J connectivity index is 1.57. The molecule has 0 aromatic heterocycles. The maximum atomic E-state index is 2.80. The maximum Gasteiger partial charge on any atom is 0.113 e. The van der Waals surface area contributed by atoms with Crippen LogP contribution in [0.15, 0.2) is 78.9 Å². The van der Waals surface area contributed by atoms with Gasteiger partial charge in [0, 0.05) is 28.1 Å². The summed E-state index contributed by atoms with van der Waals surface area (Å²) in [5.74, 6) is 0. The Bertz CT molecular complexity index is 1710. The highest BCUT2D eigenvalue weighted by Crippen LogP contribution is 2.62. The van der Waals surface area contributed by atoms with E-state index < -0.39 is 0 Å². The normalized spacial score (nSPS) is 17.9. The van der Waals surface area contributed by atoms with Crippen molar-refractivity contribution in [3.63, 3.8) is 0 Å². The molecule has 4 aromatic carbocycles. The number of aryl methyl sites for hydroxylation is 3. The summed E-state index contributed by atoms with van der Waals surface area (Å²) < 4.78 is 0. The molecule has 4 aromatic rings. The van der Waals surface area contributed by atoms with Gasteiger partial charge in [0.15, 0.2) is 0 Å². The van der Waals surface area contributed by atoms with Crippen molar-refractivity contribution in [3.05, 3.63) is 112 Å². The van der Waals surface area contributed by atoms with Gasteiger partial charge in [0.25, 0.3) is 0 Å². The van der Waals surface area contributed by atoms with Crippen molar-refractivity contribution in [1.82, 2.24) is 4.90 Å². The molecule has 0 N–H and O–H groups in total. The molecule has 0 saturated heterocycles. The Labute approximate surface area is 259 Å². The standard InChI is InChI=1S/C41H46N2/c1-8-14-29-19-21-30(22-20-29)38-39-34-18-12-11-17-33(34)35-24-31(36-27(6)15-13-16-28(36)7)23-32-25-41(9-2,10-3)40(42(38)26(4)5)43(39)37(32)35/h11-13,15-24,26,40H,8-10,14,25H2,1-7H3. The Kier molecular flexibility index (Phi) is 6.80. The molecule has 0 spiro atoms. The second-order valence-corrected chi connectivity index (χ2v) is 13.5. The van der Waals surface area contributed by atoms with Gasteiger partial charge in [-0.05, 0) is 104 Å². The van der Waals surface area contributed by atoms with Crippen molar-refractivity contribution in [2.45, 2.75) is 92.8 Å². The molecule has 3 aliphatic heterocycles. The van der Waals surface area contributed by atoms with E-state index in [0.717, 1.165) is 25.7 Å². The first kappa shape index (κ1) is 28.0. The molecular weight excluding hydrogens is 520 g/mol. The van der Waals surface area contributed by atoms with E-state index in [9.17, 15) is 0 Å². The molecule has 1 unspecified atom stereocenters. The topological polar surface area (TPSA) is 6.48 Å². The minimum absolute atomic E-state index is 0.134. The third-order valence-electron chi connectivity index (χ3n) is 10.7. The molecule has 220 valence electrons. The van der Waals surface area contributed by atoms with E-state index in [1.54, 1.807) is 0 Å². The minimum atomic E-state index is 0.134. The first-order valence-electron chi connectivity index (χ1n) is 16.6. The van der Waals surface area contributed by atoms with Crippen LogP contribution >= 0.6 is 0 Å². The van der Waals surface area contributed by atoms with Crippen LogP contribution in [-0.2, 0) is 12.8 Å². The van der Waals surface area contributed by atoms with E-state index in [2.05, 4.69) is 137 Å². The van der Waals surface area contributed by atoms with Crippen LogP contribution < -0.4 is 4.90 Å². The fraction of sp³-hybridized carbons (Fsp3) is 0.366. The molecule has 3 aliphatic rings. The zero-order chi connectivity index (χ0) is 30.0. The van der Waals surface area contributed by atoms with Gasteiger partial charge in [-0.15, -0.1) is 0 Å². The summed E-state index contributed by atoms with van der Waals surface area (Å²) in [4.78, 5) is 5.60. The largest absolute Gasteiger partial charge is 0.346 e. The average Bonchev–Trinajstić information content (AvgIpc) is 3.38. The summed E-state index contributed by atoms with van der Waals surface area (Å²) in [6, 6.07) is 30.8. The van der Waals surface area contributed by atoms with Crippen LogP contribution in [0.4, 0.5) is 5.69 Å². The summed E-state index contributed by atoms with van der Waals surface area (Å²) in [5, 5.41) is 0. The van der Waals surface area contributed by atoms with Gasteiger partial charge in [0.2, 0.25) is 0 Å². The monoisotopic (exact) mass is 566 g/mol. The van der Waals surface area contributed by atoms with Gasteiger partial charge in [-0.25, -0.2) is 0 Å². The number of rotatable bonds is 7. The van der Waals surface area contributed by atoms with Gasteiger partial charge in [-0.1, -0.05) is 93.9 Å². The molecule has 0 fully saturated rings. The van der Waals surface area contributed by atoms with Crippen LogP contribution in [0.3, 0.4) is 0 Å². The van der Waals surface area contributed by atoms with Crippen molar-refractivity contribution in [2.75, 3.05) is 4.90 Å². The quantitative estimate of drug-likeness (QED) is 0.219. The molecule has 0 aliphatic carbocycles. The Morgan fingerprint density at radius 1 is 0.744 bits per heavy atom. The lowest BCUT2D eigenvalue weighted by Gasteiger charge is -2.54. The second-order valence-electron chi connectivity index (χ2n) is 13.5. The maximum absolute atomic E-state index is 2.80. The highest BCUT2D eigenvalue weighted by Gasteiger charge is 2.56. The lowest BCUT2D eigenvalue weighted by Crippen LogP contribution is -2.58. The molecule has 3 heterocycles. The van der Waals surface area contributed by atoms with Crippen LogP contribution in [0, 0.1) is 19.3 Å². The molecule has 0 amide bonds. The van der Waals surface area contributed by atoms with E-state index in [0.29, 0.717) is 6.04 Å². The van der Waals surface area contributed by atoms with E-state index >= 15 is 0 Å². The Morgan fingerprint density at radius 3 is 2.05 bits per heavy atom. The van der Waals surface area contributed by atoms with Crippen LogP contribution in [0.2, 0.25) is 0 Å². The first-order chi connectivity index (χ1) is 20.8. The fourth-order valence-corrected chi connectivity index (χ4v) is 8.60. The third-order valence-corrected chi connectivity index (χ3v) is 10.7. The zero-order valence-electron chi connectivity index (χ0n) is 27.1. The van der Waals surface area contributed by atoms with E-state index in [1.807, 2.05) is 0 Å². The molecule has 0 radical (unpaired) electrons. The third kappa shape index (κ3) is 4.05. The van der Waals surface area contributed by atoms with Crippen molar-refractivity contribution in [2.24, 2.45) is 5.41 Å². The van der Waals surface area contributed by atoms with Crippen molar-refractivity contribution >= 4 is 17.1 Å². The molecule has 1 atom stereocenters. The summed E-state index contributed by atoms with van der Waals surface area (Å²) >= 11 is 0. The number of nitrogens with zero attached hydrogens (tertiary/aromatic N) is 2. The molecule has 2 nitrogen and oxygen atoms in total. The van der Waals surface area contributed by atoms with Gasteiger partial charge < -0.3 is 9.80 Å². The Hall–Kier alpha value is -3.78. The van der Waals surface area contributed by atoms with Gasteiger partial charge in [-0.3, -0.25) is 0 Å². The molecular formula is C41H46N2. The summed E-state index contributed by atoms with van der Waals surface area (Å²) in [6.07, 6.45) is 5.99. The molecule has 2 heteroatoms. The first-order valence-corrected chi connectivity index (χ1v) is 16.6. The highest BCUT2D eigenvalue weighted by atomic mass is 15.4. The van der Waals surface area contributed by atoms with E-state index in [4.69, 9.17) is 0 Å². The summed E-state index contributed by atoms with van der Waals surface area (Å²) in [7, 11) is 0. The average molecular weight is 567 g/mol. The number of hydrogen-bond donors (Lipinski definition) is 0. The van der Waals surface area contributed by atoms with Crippen molar-refractivity contribution < 1.29 is 0 Å². The predicted octanol–water partition coefficient (Wildman–Crippen LogP) is 10.6. The second kappa shape index (κ2) is 10.4. The van der Waals surface area contributed by atoms with Crippen molar-refractivity contribution in [1.29, 1.82) is 0 Å². The number of anilines is 1. The lowest BCUT2D eigenvalue weighted by atomic mass is 9.68. The van der Waals surface area contributed by atoms with Crippen molar-refractivity contribution in [3.8, 4) is 22.3 Å². The smallest absolute Gasteiger partial charge is 0.113 e. The van der Waals surface area contributed by atoms with Crippen LogP contribution in [0.5, 0.6) is 0 Å². The number of hydrogen-bond acceptors (Lipinski definition) is 2. The fourth-order valence-electron chi connectivity index (χ4n) is 8.60. The SMILES string of the molecule is CCCc1ccc(C2=C3c4ccccc4-c4cc(-c5c(C)cccc5C)cc5c4N3C(N2C(C)C)C(CC)(CC)C5)cc1. The predicted molar refractivity (Wildman–Crippen MR) is 184 cm³/mol. The molecule has 7 rings (SSSR count). The van der Waals surface area contributed by atoms with Gasteiger partial charge in [0.1, 0.15) is 6.17 Å². The Morgan fingerprint density at radius 2 is 1.42 bits per heavy atom.